The predicted octanol–water partition coefficient (Wildman–Crippen LogP) is 2.39. The number of rotatable bonds is 4. The number of hydrogen-bond acceptors (Lipinski definition) is 3. The van der Waals surface area contributed by atoms with Crippen LogP contribution < -0.4 is 4.90 Å². The summed E-state index contributed by atoms with van der Waals surface area (Å²) in [5, 5.41) is 2.50. The zero-order chi connectivity index (χ0) is 16.0. The van der Waals surface area contributed by atoms with E-state index in [9.17, 15) is 8.42 Å². The van der Waals surface area contributed by atoms with Gasteiger partial charge in [-0.15, -0.1) is 0 Å². The summed E-state index contributed by atoms with van der Waals surface area (Å²) in [6, 6.07) is 12.6. The third kappa shape index (κ3) is 3.49. The minimum atomic E-state index is -3.88. The van der Waals surface area contributed by atoms with Crippen LogP contribution in [0.3, 0.4) is 0 Å². The van der Waals surface area contributed by atoms with Crippen LogP contribution in [-0.4, -0.2) is 37.3 Å². The van der Waals surface area contributed by atoms with Gasteiger partial charge in [0.15, 0.2) is 0 Å². The van der Waals surface area contributed by atoms with E-state index in [0.717, 1.165) is 6.54 Å². The lowest BCUT2D eigenvalue weighted by molar-refractivity contribution is 0.480. The lowest BCUT2D eigenvalue weighted by atomic mass is 9.84. The zero-order valence-corrected chi connectivity index (χ0v) is 14.2. The van der Waals surface area contributed by atoms with Gasteiger partial charge in [0.25, 0.3) is 10.1 Å². The van der Waals surface area contributed by atoms with Crippen molar-refractivity contribution in [1.29, 1.82) is 0 Å². The molecule has 0 atom stereocenters. The number of hydrogen-bond donors (Lipinski definition) is 1. The molecule has 2 aromatic carbocycles. The van der Waals surface area contributed by atoms with E-state index >= 15 is 0 Å². The monoisotopic (exact) mass is 337 g/mol. The number of benzene rings is 2. The molecule has 0 radical (unpaired) electrons. The highest BCUT2D eigenvalue weighted by Crippen LogP contribution is 2.44. The van der Waals surface area contributed by atoms with E-state index in [1.165, 1.54) is 22.0 Å². The third-order valence-electron chi connectivity index (χ3n) is 4.34. The molecule has 0 spiro atoms. The maximum Gasteiger partial charge on any atom is 0.264 e. The Kier molecular flexibility index (Phi) is 4.71. The van der Waals surface area contributed by atoms with Gasteiger partial charge in [-0.3, -0.25) is 4.55 Å². The van der Waals surface area contributed by atoms with Crippen LogP contribution in [0.25, 0.3) is 10.8 Å². The van der Waals surface area contributed by atoms with Crippen molar-refractivity contribution in [3.63, 3.8) is 0 Å². The molecule has 0 aromatic heterocycles. The van der Waals surface area contributed by atoms with Crippen LogP contribution in [0.1, 0.15) is 25.8 Å². The molecule has 5 nitrogen and oxygen atoms in total. The molecule has 23 heavy (non-hydrogen) atoms. The van der Waals surface area contributed by atoms with Gasteiger partial charge < -0.3 is 10.4 Å². The van der Waals surface area contributed by atoms with Crippen molar-refractivity contribution in [2.24, 2.45) is 0 Å². The Morgan fingerprint density at radius 1 is 1.17 bits per heavy atom. The van der Waals surface area contributed by atoms with Crippen molar-refractivity contribution in [3.8, 4) is 0 Å². The van der Waals surface area contributed by atoms with Crippen LogP contribution in [0, 0.1) is 0 Å². The average Bonchev–Trinajstić information content (AvgIpc) is 2.69. The molecule has 0 amide bonds. The van der Waals surface area contributed by atoms with Crippen LogP contribution in [-0.2, 0) is 15.5 Å². The van der Waals surface area contributed by atoms with E-state index in [2.05, 4.69) is 49.1 Å². The number of nitrogens with zero attached hydrogens (tertiary/aromatic N) is 1. The second-order valence-corrected chi connectivity index (χ2v) is 8.20. The molecule has 3 N–H and O–H groups in total. The second-order valence-electron chi connectivity index (χ2n) is 6.63. The quantitative estimate of drug-likeness (QED) is 0.868. The van der Waals surface area contributed by atoms with Crippen molar-refractivity contribution < 1.29 is 18.4 Å². The highest BCUT2D eigenvalue weighted by molar-refractivity contribution is 7.85. The predicted molar refractivity (Wildman–Crippen MR) is 93.8 cm³/mol. The maximum atomic E-state index is 10.9. The van der Waals surface area contributed by atoms with Crippen LogP contribution >= 0.6 is 0 Å². The molecule has 0 saturated heterocycles. The Bertz CT molecular complexity index is 814. The van der Waals surface area contributed by atoms with E-state index < -0.39 is 10.1 Å². The summed E-state index contributed by atoms with van der Waals surface area (Å²) in [7, 11) is -3.88. The first-order valence-electron chi connectivity index (χ1n) is 7.50. The van der Waals surface area contributed by atoms with E-state index in [-0.39, 0.29) is 16.6 Å². The fourth-order valence-electron chi connectivity index (χ4n) is 3.51. The van der Waals surface area contributed by atoms with Crippen LogP contribution in [0.2, 0.25) is 0 Å². The summed E-state index contributed by atoms with van der Waals surface area (Å²) in [4.78, 5) is 2.23. The summed E-state index contributed by atoms with van der Waals surface area (Å²) in [5.74, 6) is -0.188. The summed E-state index contributed by atoms with van der Waals surface area (Å²) >= 11 is 0. The lowest BCUT2D eigenvalue weighted by Crippen LogP contribution is -2.30. The van der Waals surface area contributed by atoms with Crippen LogP contribution in [0.15, 0.2) is 36.4 Å². The summed E-state index contributed by atoms with van der Waals surface area (Å²) in [6.45, 7) is 5.94. The van der Waals surface area contributed by atoms with Gasteiger partial charge in [0.1, 0.15) is 0 Å². The van der Waals surface area contributed by atoms with E-state index in [1.54, 1.807) is 0 Å². The molecular formula is C17H23NO4S. The van der Waals surface area contributed by atoms with Gasteiger partial charge in [-0.2, -0.15) is 8.42 Å². The normalized spacial score (nSPS) is 16.2. The van der Waals surface area contributed by atoms with Gasteiger partial charge >= 0.3 is 0 Å². The van der Waals surface area contributed by atoms with Crippen molar-refractivity contribution in [2.75, 3.05) is 23.7 Å². The first-order chi connectivity index (χ1) is 10.3. The van der Waals surface area contributed by atoms with Crippen LogP contribution in [0.4, 0.5) is 5.69 Å². The smallest absolute Gasteiger partial charge is 0.264 e. The Balaban J connectivity index is 0.00000192. The molecule has 1 aliphatic rings. The van der Waals surface area contributed by atoms with Gasteiger partial charge in [0, 0.05) is 24.2 Å². The van der Waals surface area contributed by atoms with Crippen molar-refractivity contribution in [3.05, 3.63) is 42.0 Å². The Morgan fingerprint density at radius 3 is 2.57 bits per heavy atom. The molecule has 0 bridgehead atoms. The van der Waals surface area contributed by atoms with Gasteiger partial charge in [-0.25, -0.2) is 0 Å². The van der Waals surface area contributed by atoms with Gasteiger partial charge in [-0.05, 0) is 28.8 Å². The fraction of sp³-hybridized carbons (Fsp3) is 0.412. The van der Waals surface area contributed by atoms with Gasteiger partial charge in [0.05, 0.1) is 5.75 Å². The minimum absolute atomic E-state index is 0. The Labute approximate surface area is 137 Å². The third-order valence-corrected chi connectivity index (χ3v) is 5.15. The highest BCUT2D eigenvalue weighted by atomic mass is 32.2. The molecule has 3 rings (SSSR count). The molecule has 1 aliphatic heterocycles. The number of fused-ring (bicyclic) bond motifs is 3. The highest BCUT2D eigenvalue weighted by Gasteiger charge is 2.36. The van der Waals surface area contributed by atoms with E-state index in [4.69, 9.17) is 4.55 Å². The molecule has 0 aliphatic carbocycles. The molecular weight excluding hydrogens is 314 g/mol. The van der Waals surface area contributed by atoms with Crippen molar-refractivity contribution >= 4 is 26.6 Å². The summed E-state index contributed by atoms with van der Waals surface area (Å²) in [5.41, 5.74) is 2.53. The topological polar surface area (TPSA) is 89.1 Å². The maximum absolute atomic E-state index is 10.9. The molecule has 1 heterocycles. The van der Waals surface area contributed by atoms with Gasteiger partial charge in [-0.1, -0.05) is 44.2 Å². The standard InChI is InChI=1S/C17H21NO3S.H2O/c1-17(2)12-18(10-5-11-22(19,20)21)15-9-8-13-6-3-4-7-14(13)16(15)17;/h3-4,6-9H,5,10-12H2,1-2H3,(H,19,20,21);1H2. The zero-order valence-electron chi connectivity index (χ0n) is 13.4. The molecule has 0 saturated carbocycles. The molecule has 126 valence electrons. The van der Waals surface area contributed by atoms with E-state index in [0.29, 0.717) is 13.0 Å². The van der Waals surface area contributed by atoms with E-state index in [1.807, 2.05) is 6.07 Å². The SMILES string of the molecule is CC1(C)CN(CCCS(=O)(=O)O)c2ccc3ccccc3c21.O. The first-order valence-corrected chi connectivity index (χ1v) is 9.11. The largest absolute Gasteiger partial charge is 0.412 e. The molecule has 2 aromatic rings. The fourth-order valence-corrected chi connectivity index (χ4v) is 4.01. The first kappa shape index (κ1) is 17.7. The molecule has 6 heteroatoms. The Morgan fingerprint density at radius 2 is 1.87 bits per heavy atom. The summed E-state index contributed by atoms with van der Waals surface area (Å²) < 4.78 is 30.7. The Hall–Kier alpha value is -1.63. The minimum Gasteiger partial charge on any atom is -0.412 e. The average molecular weight is 337 g/mol. The second kappa shape index (κ2) is 6.11. The van der Waals surface area contributed by atoms with Crippen molar-refractivity contribution in [1.82, 2.24) is 0 Å². The van der Waals surface area contributed by atoms with Crippen LogP contribution in [0.5, 0.6) is 0 Å². The molecule has 0 unspecified atom stereocenters. The lowest BCUT2D eigenvalue weighted by Gasteiger charge is -2.22. The van der Waals surface area contributed by atoms with Gasteiger partial charge in [0.2, 0.25) is 0 Å². The summed E-state index contributed by atoms with van der Waals surface area (Å²) in [6.07, 6.45) is 0.432. The van der Waals surface area contributed by atoms with Crippen molar-refractivity contribution in [2.45, 2.75) is 25.7 Å². The number of anilines is 1. The molecule has 0 fully saturated rings.